The number of ether oxygens (including phenoxy) is 2. The number of aliphatic hydroxyl groups is 1. The van der Waals surface area contributed by atoms with Gasteiger partial charge in [-0.15, -0.1) is 0 Å². The number of esters is 1. The van der Waals surface area contributed by atoms with Gasteiger partial charge >= 0.3 is 23.0 Å². The van der Waals surface area contributed by atoms with Gasteiger partial charge in [-0.3, -0.25) is 4.90 Å². The van der Waals surface area contributed by atoms with Gasteiger partial charge in [-0.25, -0.2) is 14.4 Å². The highest BCUT2D eigenvalue weighted by Crippen LogP contribution is 2.44. The van der Waals surface area contributed by atoms with Crippen molar-refractivity contribution in [3.05, 3.63) is 59.7 Å². The number of amides is 1. The number of fused-ring (bicyclic) bond motifs is 3. The molecule has 2 heterocycles. The SMILES string of the molecule is CO[N+]1=NC(N(CO)CCCC2C(=O)OCN2C(=O)OCC2c3ccccc3-c3ccccc32)=NCO1. The number of hydrogen-bond donors (Lipinski definition) is 1. The second-order valence-electron chi connectivity index (χ2n) is 8.67. The predicted octanol–water partition coefficient (Wildman–Crippen LogP) is 2.44. The van der Waals surface area contributed by atoms with Gasteiger partial charge in [-0.2, -0.15) is 9.83 Å². The highest BCUT2D eigenvalue weighted by molar-refractivity contribution is 5.84. The third-order valence-electron chi connectivity index (χ3n) is 6.63. The molecule has 1 amide bonds. The van der Waals surface area contributed by atoms with E-state index in [1.807, 2.05) is 36.4 Å². The van der Waals surface area contributed by atoms with E-state index in [1.54, 1.807) is 0 Å². The van der Waals surface area contributed by atoms with Gasteiger partial charge < -0.3 is 19.5 Å². The van der Waals surface area contributed by atoms with E-state index in [2.05, 4.69) is 22.2 Å². The van der Waals surface area contributed by atoms with Crippen LogP contribution in [0.2, 0.25) is 0 Å². The van der Waals surface area contributed by atoms with Gasteiger partial charge in [0.25, 0.3) is 6.73 Å². The van der Waals surface area contributed by atoms with Crippen LogP contribution < -0.4 is 0 Å². The quantitative estimate of drug-likeness (QED) is 0.424. The number of aliphatic imine (C=N–C) groups is 1. The lowest BCUT2D eigenvalue weighted by atomic mass is 9.98. The fourth-order valence-corrected chi connectivity index (χ4v) is 4.81. The summed E-state index contributed by atoms with van der Waals surface area (Å²) < 4.78 is 10.9. The number of cyclic esters (lactones) is 1. The second kappa shape index (κ2) is 10.8. The summed E-state index contributed by atoms with van der Waals surface area (Å²) in [5.74, 6) is -0.330. The summed E-state index contributed by atoms with van der Waals surface area (Å²) in [4.78, 5) is 42.2. The molecule has 1 atom stereocenters. The summed E-state index contributed by atoms with van der Waals surface area (Å²) in [5, 5.41) is 14.6. The molecule has 2 aliphatic heterocycles. The molecule has 1 saturated heterocycles. The zero-order valence-electron chi connectivity index (χ0n) is 20.4. The third kappa shape index (κ3) is 4.92. The van der Waals surface area contributed by atoms with Crippen LogP contribution in [0.1, 0.15) is 29.9 Å². The number of carbonyl (C=O) groups excluding carboxylic acids is 2. The van der Waals surface area contributed by atoms with Crippen LogP contribution in [-0.4, -0.2) is 84.4 Å². The van der Waals surface area contributed by atoms with Crippen molar-refractivity contribution in [2.75, 3.05) is 40.5 Å². The van der Waals surface area contributed by atoms with Gasteiger partial charge in [-0.1, -0.05) is 48.5 Å². The summed E-state index contributed by atoms with van der Waals surface area (Å²) >= 11 is 0. The van der Waals surface area contributed by atoms with Crippen molar-refractivity contribution in [1.29, 1.82) is 0 Å². The Morgan fingerprint density at radius 3 is 2.57 bits per heavy atom. The smallest absolute Gasteiger partial charge is 0.413 e. The van der Waals surface area contributed by atoms with Gasteiger partial charge in [0.1, 0.15) is 24.5 Å². The third-order valence-corrected chi connectivity index (χ3v) is 6.63. The maximum atomic E-state index is 13.0. The Hall–Kier alpha value is -4.19. The van der Waals surface area contributed by atoms with E-state index >= 15 is 0 Å². The number of aliphatic hydroxyl groups excluding tert-OH is 1. The molecule has 12 heteroatoms. The molecule has 2 aromatic carbocycles. The Morgan fingerprint density at radius 1 is 1.19 bits per heavy atom. The average molecular weight is 511 g/mol. The molecule has 2 aromatic rings. The van der Waals surface area contributed by atoms with Gasteiger partial charge in [0.05, 0.1) is 0 Å². The largest absolute Gasteiger partial charge is 0.448 e. The van der Waals surface area contributed by atoms with E-state index in [9.17, 15) is 14.7 Å². The van der Waals surface area contributed by atoms with Crippen LogP contribution in [0, 0.1) is 0 Å². The van der Waals surface area contributed by atoms with E-state index in [0.29, 0.717) is 19.4 Å². The van der Waals surface area contributed by atoms with Crippen molar-refractivity contribution in [1.82, 2.24) is 9.80 Å². The minimum Gasteiger partial charge on any atom is -0.448 e. The number of hydrogen-bond acceptors (Lipinski definition) is 10. The number of nitrogens with zero attached hydrogens (tertiary/aromatic N) is 5. The molecular formula is C25H28N5O7+. The Morgan fingerprint density at radius 2 is 1.89 bits per heavy atom. The molecule has 0 aromatic heterocycles. The minimum absolute atomic E-state index is 0.00626. The van der Waals surface area contributed by atoms with E-state index in [4.69, 9.17) is 19.1 Å². The molecule has 1 N–H and O–H groups in total. The topological polar surface area (TPSA) is 126 Å². The molecule has 37 heavy (non-hydrogen) atoms. The summed E-state index contributed by atoms with van der Waals surface area (Å²) in [5.41, 5.74) is 4.50. The van der Waals surface area contributed by atoms with E-state index < -0.39 is 18.1 Å². The molecule has 3 aliphatic rings. The maximum absolute atomic E-state index is 13.0. The van der Waals surface area contributed by atoms with Crippen molar-refractivity contribution < 1.29 is 38.9 Å². The molecular weight excluding hydrogens is 482 g/mol. The van der Waals surface area contributed by atoms with Crippen LogP contribution in [0.15, 0.2) is 58.6 Å². The summed E-state index contributed by atoms with van der Waals surface area (Å²) in [6, 6.07) is 15.4. The molecule has 0 saturated carbocycles. The molecule has 0 spiro atoms. The van der Waals surface area contributed by atoms with Crippen LogP contribution >= 0.6 is 0 Å². The Bertz CT molecular complexity index is 1190. The molecule has 0 radical (unpaired) electrons. The molecule has 0 bridgehead atoms. The lowest BCUT2D eigenvalue weighted by Gasteiger charge is -2.23. The molecule has 5 rings (SSSR count). The summed E-state index contributed by atoms with van der Waals surface area (Å²) in [6.45, 7) is -0.0223. The summed E-state index contributed by atoms with van der Waals surface area (Å²) in [7, 11) is 1.39. The Labute approximate surface area is 213 Å². The highest BCUT2D eigenvalue weighted by Gasteiger charge is 2.39. The molecule has 1 unspecified atom stereocenters. The van der Waals surface area contributed by atoms with E-state index in [1.165, 1.54) is 16.9 Å². The lowest BCUT2D eigenvalue weighted by Crippen LogP contribution is -2.40. The number of guanidine groups is 1. The first-order chi connectivity index (χ1) is 18.1. The number of rotatable bonds is 8. The first kappa shape index (κ1) is 24.5. The highest BCUT2D eigenvalue weighted by atomic mass is 16.9. The maximum Gasteiger partial charge on any atom is 0.413 e. The molecule has 12 nitrogen and oxygen atoms in total. The number of carbonyl (C=O) groups is 2. The Balaban J connectivity index is 1.19. The Kier molecular flexibility index (Phi) is 7.17. The van der Waals surface area contributed by atoms with Gasteiger partial charge in [0, 0.05) is 12.5 Å². The zero-order valence-corrected chi connectivity index (χ0v) is 20.4. The van der Waals surface area contributed by atoms with Crippen molar-refractivity contribution in [2.24, 2.45) is 10.1 Å². The van der Waals surface area contributed by atoms with Crippen LogP contribution in [0.3, 0.4) is 0 Å². The van der Waals surface area contributed by atoms with Crippen molar-refractivity contribution in [3.63, 3.8) is 0 Å². The van der Waals surface area contributed by atoms with Crippen LogP contribution in [0.4, 0.5) is 4.79 Å². The van der Waals surface area contributed by atoms with Crippen LogP contribution in [-0.2, 0) is 23.9 Å². The van der Waals surface area contributed by atoms with E-state index in [0.717, 1.165) is 27.3 Å². The fraction of sp³-hybridized carbons (Fsp3) is 0.400. The van der Waals surface area contributed by atoms with Gasteiger partial charge in [0.2, 0.25) is 0 Å². The first-order valence-corrected chi connectivity index (χ1v) is 12.0. The molecule has 1 aliphatic carbocycles. The molecule has 194 valence electrons. The van der Waals surface area contributed by atoms with Crippen LogP contribution in [0.25, 0.3) is 11.1 Å². The van der Waals surface area contributed by atoms with Crippen LogP contribution in [0.5, 0.6) is 0 Å². The average Bonchev–Trinajstić information content (AvgIpc) is 3.47. The van der Waals surface area contributed by atoms with Crippen molar-refractivity contribution in [2.45, 2.75) is 24.8 Å². The summed E-state index contributed by atoms with van der Waals surface area (Å²) in [6.07, 6.45) is 0.170. The molecule has 1 fully saturated rings. The predicted molar refractivity (Wildman–Crippen MR) is 128 cm³/mol. The zero-order chi connectivity index (χ0) is 25.8. The van der Waals surface area contributed by atoms with E-state index in [-0.39, 0.29) is 38.7 Å². The van der Waals surface area contributed by atoms with Crippen molar-refractivity contribution >= 4 is 18.0 Å². The van der Waals surface area contributed by atoms with Gasteiger partial charge in [0.15, 0.2) is 13.8 Å². The van der Waals surface area contributed by atoms with Crippen molar-refractivity contribution in [3.8, 4) is 11.1 Å². The minimum atomic E-state index is -0.778. The fourth-order valence-electron chi connectivity index (χ4n) is 4.81. The van der Waals surface area contributed by atoms with Gasteiger partial charge in [-0.05, 0) is 35.1 Å². The monoisotopic (exact) mass is 510 g/mol. The normalized spacial score (nSPS) is 18.3. The second-order valence-corrected chi connectivity index (χ2v) is 8.67. The first-order valence-electron chi connectivity index (χ1n) is 12.0. The lowest BCUT2D eigenvalue weighted by molar-refractivity contribution is -1.00. The standard InChI is InChI=1S/C25H28N5O7/c1-34-30-27-24(26-14-37-30)28(15-31)12-6-11-22-23(32)36-16-29(22)25(33)35-13-21-19-9-4-2-7-17(19)18-8-3-5-10-20(18)21/h2-5,7-10,21-22,31H,6,11-16H2,1H3/q+1. The number of benzene rings is 2.